The molecule has 1 saturated heterocycles. The summed E-state index contributed by atoms with van der Waals surface area (Å²) >= 11 is 0. The largest absolute Gasteiger partial charge is 0.507 e. The molecule has 0 aliphatic carbocycles. The van der Waals surface area contributed by atoms with Crippen molar-refractivity contribution in [2.24, 2.45) is 0 Å². The van der Waals surface area contributed by atoms with E-state index in [1.807, 2.05) is 39.0 Å². The molecule has 3 aromatic rings. The van der Waals surface area contributed by atoms with E-state index >= 15 is 0 Å². The number of likely N-dealkylation sites (tertiary alicyclic amines) is 1. The van der Waals surface area contributed by atoms with Crippen LogP contribution in [0, 0.1) is 13.8 Å². The van der Waals surface area contributed by atoms with Gasteiger partial charge in [-0.15, -0.1) is 0 Å². The number of carbonyl (C=O) groups excluding carboxylic acids is 2. The maximum absolute atomic E-state index is 13.3. The molecule has 1 fully saturated rings. The molecule has 1 aromatic carbocycles. The maximum Gasteiger partial charge on any atom is 0.296 e. The summed E-state index contributed by atoms with van der Waals surface area (Å²) in [6.45, 7) is 7.77. The lowest BCUT2D eigenvalue weighted by atomic mass is 9.92. The molecular weight excluding hydrogens is 432 g/mol. The van der Waals surface area contributed by atoms with Gasteiger partial charge in [0, 0.05) is 11.8 Å². The molecular formula is C27H28N2O5. The van der Waals surface area contributed by atoms with Crippen molar-refractivity contribution >= 4 is 17.4 Å². The van der Waals surface area contributed by atoms with Crippen LogP contribution in [0.15, 0.2) is 58.7 Å². The molecule has 0 spiro atoms. The fourth-order valence-electron chi connectivity index (χ4n) is 4.33. The third-order valence-corrected chi connectivity index (χ3v) is 6.08. The van der Waals surface area contributed by atoms with Crippen LogP contribution in [0.1, 0.15) is 59.7 Å². The number of amides is 1. The van der Waals surface area contributed by atoms with Gasteiger partial charge in [-0.3, -0.25) is 14.6 Å². The van der Waals surface area contributed by atoms with Gasteiger partial charge in [0.2, 0.25) is 0 Å². The molecule has 0 saturated carbocycles. The number of methoxy groups -OCH3 is 1. The minimum Gasteiger partial charge on any atom is -0.507 e. The average Bonchev–Trinajstić information content (AvgIpc) is 3.35. The Hall–Kier alpha value is -3.87. The van der Waals surface area contributed by atoms with Crippen molar-refractivity contribution in [2.75, 3.05) is 7.11 Å². The van der Waals surface area contributed by atoms with E-state index in [0.29, 0.717) is 28.5 Å². The fourth-order valence-corrected chi connectivity index (χ4v) is 4.33. The molecule has 34 heavy (non-hydrogen) atoms. The van der Waals surface area contributed by atoms with Crippen molar-refractivity contribution in [1.29, 1.82) is 0 Å². The Morgan fingerprint density at radius 1 is 1.18 bits per heavy atom. The number of carbonyl (C=O) groups is 2. The maximum atomic E-state index is 13.3. The topological polar surface area (TPSA) is 92.9 Å². The summed E-state index contributed by atoms with van der Waals surface area (Å²) in [5, 5.41) is 11.5. The number of aliphatic hydroxyl groups excluding tert-OH is 1. The van der Waals surface area contributed by atoms with Crippen molar-refractivity contribution in [3.63, 3.8) is 0 Å². The van der Waals surface area contributed by atoms with Crippen molar-refractivity contribution in [1.82, 2.24) is 9.88 Å². The summed E-state index contributed by atoms with van der Waals surface area (Å²) in [5.41, 5.74) is 2.72. The second-order valence-corrected chi connectivity index (χ2v) is 8.76. The number of aliphatic hydroxyl groups is 1. The number of ketones is 1. The normalized spacial score (nSPS) is 17.6. The summed E-state index contributed by atoms with van der Waals surface area (Å²) in [7, 11) is 1.60. The monoisotopic (exact) mass is 460 g/mol. The number of ether oxygens (including phenoxy) is 1. The van der Waals surface area contributed by atoms with Gasteiger partial charge in [-0.2, -0.15) is 0 Å². The number of rotatable bonds is 6. The number of nitrogens with zero attached hydrogens (tertiary/aromatic N) is 2. The van der Waals surface area contributed by atoms with Gasteiger partial charge in [0.05, 0.1) is 24.9 Å². The molecule has 176 valence electrons. The zero-order chi connectivity index (χ0) is 24.6. The van der Waals surface area contributed by atoms with Gasteiger partial charge in [0.25, 0.3) is 11.7 Å². The summed E-state index contributed by atoms with van der Waals surface area (Å²) in [6.07, 6.45) is 1.63. The predicted octanol–water partition coefficient (Wildman–Crippen LogP) is 5.05. The van der Waals surface area contributed by atoms with Crippen LogP contribution in [0.2, 0.25) is 0 Å². The number of aromatic nitrogens is 1. The molecule has 1 amide bonds. The van der Waals surface area contributed by atoms with Gasteiger partial charge in [0.15, 0.2) is 0 Å². The summed E-state index contributed by atoms with van der Waals surface area (Å²) in [5.74, 6) is 0.180. The third-order valence-electron chi connectivity index (χ3n) is 6.08. The molecule has 0 radical (unpaired) electrons. The molecule has 1 aliphatic heterocycles. The van der Waals surface area contributed by atoms with Crippen molar-refractivity contribution in [3.8, 4) is 5.75 Å². The molecule has 1 atom stereocenters. The molecule has 4 rings (SSSR count). The molecule has 0 bridgehead atoms. The number of furan rings is 1. The first-order valence-corrected chi connectivity index (χ1v) is 11.2. The van der Waals surface area contributed by atoms with Gasteiger partial charge in [-0.25, -0.2) is 0 Å². The van der Waals surface area contributed by atoms with Gasteiger partial charge < -0.3 is 19.2 Å². The molecule has 1 unspecified atom stereocenters. The molecule has 2 aromatic heterocycles. The number of pyridine rings is 1. The van der Waals surface area contributed by atoms with Crippen LogP contribution in [-0.2, 0) is 16.1 Å². The van der Waals surface area contributed by atoms with Gasteiger partial charge >= 0.3 is 0 Å². The van der Waals surface area contributed by atoms with E-state index in [4.69, 9.17) is 9.15 Å². The first-order valence-electron chi connectivity index (χ1n) is 11.2. The van der Waals surface area contributed by atoms with E-state index in [1.54, 1.807) is 44.5 Å². The molecule has 3 heterocycles. The molecule has 7 heteroatoms. The van der Waals surface area contributed by atoms with Crippen molar-refractivity contribution < 1.29 is 23.8 Å². The lowest BCUT2D eigenvalue weighted by Crippen LogP contribution is -2.29. The van der Waals surface area contributed by atoms with E-state index in [-0.39, 0.29) is 23.8 Å². The Morgan fingerprint density at radius 2 is 1.94 bits per heavy atom. The smallest absolute Gasteiger partial charge is 0.296 e. The SMILES string of the molecule is COc1cc(C)c(/C(O)=C2\C(=O)C(=O)N(Cc3ccccn3)C2c2ccc(C)o2)cc1C(C)C. The summed E-state index contributed by atoms with van der Waals surface area (Å²) in [6, 6.07) is 11.7. The highest BCUT2D eigenvalue weighted by Gasteiger charge is 2.47. The van der Waals surface area contributed by atoms with Gasteiger partial charge in [0.1, 0.15) is 29.1 Å². The first-order chi connectivity index (χ1) is 16.2. The standard InChI is InChI=1S/C27H28N2O5/c1-15(2)19-13-20(16(3)12-22(19)33-5)25(30)23-24(21-10-9-17(4)34-21)29(27(32)26(23)31)14-18-8-6-7-11-28-18/h6-13,15,24,30H,14H2,1-5H3/b25-23+. The van der Waals surface area contributed by atoms with Crippen molar-refractivity contribution in [3.05, 3.63) is 88.1 Å². The van der Waals surface area contributed by atoms with Crippen LogP contribution in [0.4, 0.5) is 0 Å². The van der Waals surface area contributed by atoms with E-state index < -0.39 is 17.7 Å². The third kappa shape index (κ3) is 4.09. The van der Waals surface area contributed by atoms with Crippen LogP contribution >= 0.6 is 0 Å². The minimum atomic E-state index is -0.875. The van der Waals surface area contributed by atoms with Crippen LogP contribution in [0.3, 0.4) is 0 Å². The Bertz CT molecular complexity index is 1270. The van der Waals surface area contributed by atoms with Crippen LogP contribution < -0.4 is 4.74 Å². The Labute approximate surface area is 198 Å². The van der Waals surface area contributed by atoms with E-state index in [9.17, 15) is 14.7 Å². The number of aryl methyl sites for hydroxylation is 2. The summed E-state index contributed by atoms with van der Waals surface area (Å²) < 4.78 is 11.4. The zero-order valence-corrected chi connectivity index (χ0v) is 20.0. The van der Waals surface area contributed by atoms with Gasteiger partial charge in [-0.05, 0) is 67.3 Å². The van der Waals surface area contributed by atoms with Gasteiger partial charge in [-0.1, -0.05) is 19.9 Å². The van der Waals surface area contributed by atoms with Crippen LogP contribution in [-0.4, -0.2) is 33.8 Å². The number of hydrogen-bond acceptors (Lipinski definition) is 6. The second-order valence-electron chi connectivity index (χ2n) is 8.76. The van der Waals surface area contributed by atoms with Crippen LogP contribution in [0.5, 0.6) is 5.75 Å². The Kier molecular flexibility index (Phi) is 6.28. The lowest BCUT2D eigenvalue weighted by Gasteiger charge is -2.23. The highest BCUT2D eigenvalue weighted by molar-refractivity contribution is 6.46. The lowest BCUT2D eigenvalue weighted by molar-refractivity contribution is -0.140. The highest BCUT2D eigenvalue weighted by Crippen LogP contribution is 2.42. The van der Waals surface area contributed by atoms with E-state index in [1.165, 1.54) is 4.90 Å². The summed E-state index contributed by atoms with van der Waals surface area (Å²) in [4.78, 5) is 32.1. The molecule has 1 aliphatic rings. The highest BCUT2D eigenvalue weighted by atomic mass is 16.5. The quantitative estimate of drug-likeness (QED) is 0.315. The number of benzene rings is 1. The number of hydrogen-bond donors (Lipinski definition) is 1. The minimum absolute atomic E-state index is 0.00162. The fraction of sp³-hybridized carbons (Fsp3) is 0.296. The van der Waals surface area contributed by atoms with Crippen LogP contribution in [0.25, 0.3) is 5.76 Å². The van der Waals surface area contributed by atoms with E-state index in [0.717, 1.165) is 11.1 Å². The Morgan fingerprint density at radius 3 is 2.53 bits per heavy atom. The van der Waals surface area contributed by atoms with Crippen molar-refractivity contribution in [2.45, 2.75) is 46.2 Å². The molecule has 7 nitrogen and oxygen atoms in total. The second kappa shape index (κ2) is 9.17. The zero-order valence-electron chi connectivity index (χ0n) is 20.0. The first kappa shape index (κ1) is 23.3. The predicted molar refractivity (Wildman–Crippen MR) is 127 cm³/mol. The number of Topliss-reactive ketones (excluding diaryl/α,β-unsaturated/α-hetero) is 1. The average molecular weight is 461 g/mol. The Balaban J connectivity index is 1.90. The molecule has 1 N–H and O–H groups in total. The van der Waals surface area contributed by atoms with E-state index in [2.05, 4.69) is 4.98 Å².